The predicted octanol–water partition coefficient (Wildman–Crippen LogP) is 5.81. The lowest BCUT2D eigenvalue weighted by Gasteiger charge is -2.15. The van der Waals surface area contributed by atoms with Crippen molar-refractivity contribution in [3.8, 4) is 5.69 Å². The van der Waals surface area contributed by atoms with E-state index >= 15 is 0 Å². The van der Waals surface area contributed by atoms with Crippen LogP contribution in [0.5, 0.6) is 0 Å². The summed E-state index contributed by atoms with van der Waals surface area (Å²) in [5.41, 5.74) is 3.67. The Hall–Kier alpha value is -2.97. The molecule has 2 aromatic carbocycles. The summed E-state index contributed by atoms with van der Waals surface area (Å²) >= 11 is 2.69. The minimum Gasteiger partial charge on any atom is -0.325 e. The molecular formula is C26H24FN3O2S2. The lowest BCUT2D eigenvalue weighted by molar-refractivity contribution is -0.113. The number of fused-ring (bicyclic) bond motifs is 3. The van der Waals surface area contributed by atoms with Gasteiger partial charge in [-0.25, -0.2) is 9.37 Å². The molecule has 0 unspecified atom stereocenters. The number of nitrogens with one attached hydrogen (secondary N) is 1. The first kappa shape index (κ1) is 22.8. The van der Waals surface area contributed by atoms with Gasteiger partial charge in [-0.05, 0) is 68.4 Å². The standard InChI is InChI=1S/C26H24FN3O2S2/c1-15-8-7-9-16(2)23(15)28-21(31)14-33-26-29-24-22(17-10-3-6-13-20(17)34-24)25(32)30(26)19-12-5-4-11-18(19)27/h4-5,7-9,11-12H,3,6,10,13-14H2,1-2H3,(H,28,31). The van der Waals surface area contributed by atoms with Crippen molar-refractivity contribution in [2.45, 2.75) is 44.7 Å². The molecule has 0 aliphatic heterocycles. The second kappa shape index (κ2) is 9.35. The Kier molecular flexibility index (Phi) is 6.27. The van der Waals surface area contributed by atoms with Crippen LogP contribution in [0.15, 0.2) is 52.4 Å². The van der Waals surface area contributed by atoms with Crippen molar-refractivity contribution in [1.29, 1.82) is 0 Å². The van der Waals surface area contributed by atoms with E-state index in [9.17, 15) is 14.0 Å². The molecule has 1 N–H and O–H groups in total. The van der Waals surface area contributed by atoms with Crippen LogP contribution in [0.3, 0.4) is 0 Å². The van der Waals surface area contributed by atoms with E-state index in [1.165, 1.54) is 15.5 Å². The van der Waals surface area contributed by atoms with Crippen molar-refractivity contribution >= 4 is 44.9 Å². The van der Waals surface area contributed by atoms with E-state index in [4.69, 9.17) is 4.98 Å². The number of anilines is 1. The first-order chi connectivity index (χ1) is 16.4. The summed E-state index contributed by atoms with van der Waals surface area (Å²) in [4.78, 5) is 33.1. The molecule has 0 bridgehead atoms. The number of para-hydroxylation sites is 2. The number of benzene rings is 2. The number of aromatic nitrogens is 2. The number of nitrogens with zero attached hydrogens (tertiary/aromatic N) is 2. The maximum absolute atomic E-state index is 14.8. The number of carbonyl (C=O) groups excluding carboxylic acids is 1. The summed E-state index contributed by atoms with van der Waals surface area (Å²) in [6.07, 6.45) is 3.92. The molecule has 1 amide bonds. The zero-order valence-electron chi connectivity index (χ0n) is 19.0. The molecule has 0 saturated carbocycles. The van der Waals surface area contributed by atoms with Gasteiger partial charge in [0.05, 0.1) is 16.8 Å². The molecule has 174 valence electrons. The number of halogens is 1. The highest BCUT2D eigenvalue weighted by Gasteiger charge is 2.24. The third-order valence-corrected chi connectivity index (χ3v) is 8.25. The maximum atomic E-state index is 14.8. The molecule has 1 aliphatic carbocycles. The second-order valence-corrected chi connectivity index (χ2v) is 10.5. The monoisotopic (exact) mass is 493 g/mol. The topological polar surface area (TPSA) is 64.0 Å². The minimum absolute atomic E-state index is 0.0469. The summed E-state index contributed by atoms with van der Waals surface area (Å²) < 4.78 is 16.1. The highest BCUT2D eigenvalue weighted by molar-refractivity contribution is 7.99. The van der Waals surface area contributed by atoms with E-state index in [-0.39, 0.29) is 22.9 Å². The quantitative estimate of drug-likeness (QED) is 0.281. The number of thiophene rings is 1. The van der Waals surface area contributed by atoms with Crippen LogP contribution in [-0.2, 0) is 17.6 Å². The fourth-order valence-corrected chi connectivity index (χ4v) is 6.55. The van der Waals surface area contributed by atoms with E-state index in [2.05, 4.69) is 5.32 Å². The number of amides is 1. The van der Waals surface area contributed by atoms with E-state index in [1.54, 1.807) is 29.5 Å². The van der Waals surface area contributed by atoms with E-state index in [0.29, 0.717) is 15.4 Å². The van der Waals surface area contributed by atoms with Crippen molar-refractivity contribution < 1.29 is 9.18 Å². The van der Waals surface area contributed by atoms with Crippen LogP contribution in [0.25, 0.3) is 15.9 Å². The number of carbonyl (C=O) groups is 1. The van der Waals surface area contributed by atoms with Crippen molar-refractivity contribution in [1.82, 2.24) is 9.55 Å². The molecule has 2 aromatic heterocycles. The van der Waals surface area contributed by atoms with E-state index < -0.39 is 5.82 Å². The van der Waals surface area contributed by atoms with Crippen LogP contribution in [-0.4, -0.2) is 21.2 Å². The lowest BCUT2D eigenvalue weighted by Crippen LogP contribution is -2.24. The third-order valence-electron chi connectivity index (χ3n) is 6.13. The van der Waals surface area contributed by atoms with Crippen LogP contribution in [0.4, 0.5) is 10.1 Å². The molecule has 0 spiro atoms. The number of thioether (sulfide) groups is 1. The maximum Gasteiger partial charge on any atom is 0.267 e. The molecule has 34 heavy (non-hydrogen) atoms. The fourth-order valence-electron chi connectivity index (χ4n) is 4.45. The molecular weight excluding hydrogens is 469 g/mol. The van der Waals surface area contributed by atoms with Crippen molar-refractivity contribution in [2.75, 3.05) is 11.1 Å². The molecule has 5 nitrogen and oxygen atoms in total. The highest BCUT2D eigenvalue weighted by atomic mass is 32.2. The van der Waals surface area contributed by atoms with Crippen LogP contribution < -0.4 is 10.9 Å². The summed E-state index contributed by atoms with van der Waals surface area (Å²) in [5.74, 6) is -0.662. The summed E-state index contributed by atoms with van der Waals surface area (Å²) in [6.45, 7) is 3.89. The second-order valence-electron chi connectivity index (χ2n) is 8.48. The van der Waals surface area contributed by atoms with Crippen LogP contribution in [0.1, 0.15) is 34.4 Å². The zero-order valence-corrected chi connectivity index (χ0v) is 20.6. The van der Waals surface area contributed by atoms with Gasteiger partial charge >= 0.3 is 0 Å². The van der Waals surface area contributed by atoms with Gasteiger partial charge in [-0.3, -0.25) is 14.2 Å². The van der Waals surface area contributed by atoms with Gasteiger partial charge in [0.1, 0.15) is 10.6 Å². The third kappa shape index (κ3) is 4.16. The molecule has 2 heterocycles. The van der Waals surface area contributed by atoms with E-state index in [0.717, 1.165) is 59.8 Å². The molecule has 0 fully saturated rings. The van der Waals surface area contributed by atoms with Gasteiger partial charge in [0.25, 0.3) is 5.56 Å². The molecule has 1 aliphatic rings. The van der Waals surface area contributed by atoms with Crippen molar-refractivity contribution in [3.63, 3.8) is 0 Å². The predicted molar refractivity (Wildman–Crippen MR) is 137 cm³/mol. The molecule has 4 aromatic rings. The Bertz CT molecular complexity index is 1450. The van der Waals surface area contributed by atoms with Crippen molar-refractivity contribution in [2.24, 2.45) is 0 Å². The number of hydrogen-bond acceptors (Lipinski definition) is 5. The molecule has 5 rings (SSSR count). The van der Waals surface area contributed by atoms with Gasteiger partial charge in [0.2, 0.25) is 5.91 Å². The largest absolute Gasteiger partial charge is 0.325 e. The van der Waals surface area contributed by atoms with Gasteiger partial charge in [-0.2, -0.15) is 0 Å². The van der Waals surface area contributed by atoms with Gasteiger partial charge in [0.15, 0.2) is 5.16 Å². The number of aryl methyl sites for hydroxylation is 4. The Balaban J connectivity index is 1.55. The van der Waals surface area contributed by atoms with E-state index in [1.807, 2.05) is 32.0 Å². The van der Waals surface area contributed by atoms with Crippen LogP contribution in [0.2, 0.25) is 0 Å². The SMILES string of the molecule is Cc1cccc(C)c1NC(=O)CSc1nc2sc3c(c2c(=O)n1-c1ccccc1F)CCCC3. The smallest absolute Gasteiger partial charge is 0.267 e. The highest BCUT2D eigenvalue weighted by Crippen LogP contribution is 2.35. The first-order valence-corrected chi connectivity index (χ1v) is 13.1. The molecule has 8 heteroatoms. The van der Waals surface area contributed by atoms with Gasteiger partial charge in [-0.1, -0.05) is 42.1 Å². The fraction of sp³-hybridized carbons (Fsp3) is 0.269. The number of hydrogen-bond donors (Lipinski definition) is 1. The first-order valence-electron chi connectivity index (χ1n) is 11.2. The lowest BCUT2D eigenvalue weighted by atomic mass is 9.97. The van der Waals surface area contributed by atoms with Crippen LogP contribution >= 0.6 is 23.1 Å². The Morgan fingerprint density at radius 2 is 1.85 bits per heavy atom. The zero-order chi connectivity index (χ0) is 23.8. The van der Waals surface area contributed by atoms with Crippen molar-refractivity contribution in [3.05, 3.63) is 80.2 Å². The van der Waals surface area contributed by atoms with Gasteiger partial charge in [-0.15, -0.1) is 11.3 Å². The minimum atomic E-state index is -0.503. The molecule has 0 atom stereocenters. The average molecular weight is 494 g/mol. The van der Waals surface area contributed by atoms with Gasteiger partial charge < -0.3 is 5.32 Å². The normalized spacial score (nSPS) is 13.1. The summed E-state index contributed by atoms with van der Waals surface area (Å²) in [7, 11) is 0. The Morgan fingerprint density at radius 1 is 1.12 bits per heavy atom. The summed E-state index contributed by atoms with van der Waals surface area (Å²) in [5, 5.41) is 3.87. The number of rotatable bonds is 5. The average Bonchev–Trinajstić information content (AvgIpc) is 3.20. The van der Waals surface area contributed by atoms with Crippen LogP contribution in [0, 0.1) is 19.7 Å². The Labute approximate surface area is 205 Å². The molecule has 0 saturated heterocycles. The molecule has 0 radical (unpaired) electrons. The van der Waals surface area contributed by atoms with Gasteiger partial charge in [0, 0.05) is 10.6 Å². The summed E-state index contributed by atoms with van der Waals surface area (Å²) in [6, 6.07) is 12.0. The Morgan fingerprint density at radius 3 is 2.62 bits per heavy atom.